The van der Waals surface area contributed by atoms with E-state index in [-0.39, 0.29) is 19.7 Å². The smallest absolute Gasteiger partial charge is 0.424 e. The molecule has 26 heavy (non-hydrogen) atoms. The van der Waals surface area contributed by atoms with Crippen LogP contribution in [0.3, 0.4) is 0 Å². The van der Waals surface area contributed by atoms with Crippen LogP contribution in [-0.2, 0) is 22.6 Å². The van der Waals surface area contributed by atoms with Gasteiger partial charge in [-0.25, -0.2) is 4.79 Å². The highest BCUT2D eigenvalue weighted by Crippen LogP contribution is 2.28. The summed E-state index contributed by atoms with van der Waals surface area (Å²) in [5.74, 6) is -1.37. The third-order valence-electron chi connectivity index (χ3n) is 3.57. The van der Waals surface area contributed by atoms with Crippen LogP contribution in [-0.4, -0.2) is 23.7 Å². The standard InChI is InChI=1S/C20H20F3NO2/c1-2-26-19(25)18(20(21,22)23)15-24(13-16-9-5-3-6-10-16)14-17-11-7-4-8-12-17/h3-12,15H,2,13-14H2,1H3/b18-15+. The van der Waals surface area contributed by atoms with E-state index in [4.69, 9.17) is 0 Å². The van der Waals surface area contributed by atoms with Crippen molar-refractivity contribution in [3.05, 3.63) is 83.6 Å². The number of hydrogen-bond donors (Lipinski definition) is 0. The molecule has 2 aromatic carbocycles. The van der Waals surface area contributed by atoms with E-state index in [2.05, 4.69) is 4.74 Å². The normalized spacial score (nSPS) is 11.9. The van der Waals surface area contributed by atoms with E-state index in [9.17, 15) is 18.0 Å². The van der Waals surface area contributed by atoms with Gasteiger partial charge < -0.3 is 9.64 Å². The number of carbonyl (C=O) groups is 1. The number of hydrogen-bond acceptors (Lipinski definition) is 3. The number of alkyl halides is 3. The third kappa shape index (κ3) is 5.95. The molecule has 0 aliphatic heterocycles. The van der Waals surface area contributed by atoms with E-state index >= 15 is 0 Å². The van der Waals surface area contributed by atoms with Crippen molar-refractivity contribution in [2.45, 2.75) is 26.2 Å². The second kappa shape index (κ2) is 9.08. The van der Waals surface area contributed by atoms with Crippen molar-refractivity contribution in [2.24, 2.45) is 0 Å². The molecule has 0 fully saturated rings. The minimum atomic E-state index is -4.79. The lowest BCUT2D eigenvalue weighted by Gasteiger charge is -2.23. The largest absolute Gasteiger partial charge is 0.462 e. The highest BCUT2D eigenvalue weighted by Gasteiger charge is 2.40. The van der Waals surface area contributed by atoms with Crippen LogP contribution in [0.4, 0.5) is 13.2 Å². The van der Waals surface area contributed by atoms with Crippen molar-refractivity contribution in [2.75, 3.05) is 6.61 Å². The molecule has 0 spiro atoms. The van der Waals surface area contributed by atoms with E-state index in [0.29, 0.717) is 0 Å². The first-order valence-electron chi connectivity index (χ1n) is 8.18. The van der Waals surface area contributed by atoms with Crippen molar-refractivity contribution < 1.29 is 22.7 Å². The number of rotatable bonds is 7. The van der Waals surface area contributed by atoms with E-state index in [1.54, 1.807) is 0 Å². The summed E-state index contributed by atoms with van der Waals surface area (Å²) in [7, 11) is 0. The van der Waals surface area contributed by atoms with Crippen LogP contribution in [0, 0.1) is 0 Å². The maximum Gasteiger partial charge on any atom is 0.424 e. The van der Waals surface area contributed by atoms with Crippen molar-refractivity contribution in [3.8, 4) is 0 Å². The Bertz CT molecular complexity index is 686. The lowest BCUT2D eigenvalue weighted by Crippen LogP contribution is -2.27. The lowest BCUT2D eigenvalue weighted by molar-refractivity contribution is -0.150. The average molecular weight is 363 g/mol. The van der Waals surface area contributed by atoms with E-state index in [1.807, 2.05) is 60.7 Å². The van der Waals surface area contributed by atoms with Crippen molar-refractivity contribution in [3.63, 3.8) is 0 Å². The zero-order valence-electron chi connectivity index (χ0n) is 14.4. The Morgan fingerprint density at radius 2 is 1.42 bits per heavy atom. The highest BCUT2D eigenvalue weighted by molar-refractivity contribution is 5.89. The van der Waals surface area contributed by atoms with E-state index in [0.717, 1.165) is 17.3 Å². The van der Waals surface area contributed by atoms with Gasteiger partial charge in [-0.05, 0) is 18.1 Å². The van der Waals surface area contributed by atoms with E-state index < -0.39 is 17.7 Å². The summed E-state index contributed by atoms with van der Waals surface area (Å²) in [5.41, 5.74) is 0.362. The maximum absolute atomic E-state index is 13.3. The summed E-state index contributed by atoms with van der Waals surface area (Å²) in [4.78, 5) is 13.3. The molecule has 0 radical (unpaired) electrons. The topological polar surface area (TPSA) is 29.5 Å². The minimum Gasteiger partial charge on any atom is -0.462 e. The van der Waals surface area contributed by atoms with Crippen LogP contribution in [0.25, 0.3) is 0 Å². The molecule has 0 N–H and O–H groups in total. The van der Waals surface area contributed by atoms with Gasteiger partial charge in [-0.1, -0.05) is 60.7 Å². The number of ether oxygens (including phenoxy) is 1. The second-order valence-electron chi connectivity index (χ2n) is 5.64. The predicted molar refractivity (Wildman–Crippen MR) is 92.9 cm³/mol. The van der Waals surface area contributed by atoms with Crippen LogP contribution in [0.2, 0.25) is 0 Å². The Hall–Kier alpha value is -2.76. The molecule has 0 heterocycles. The lowest BCUT2D eigenvalue weighted by atomic mass is 10.1. The van der Waals surface area contributed by atoms with E-state index in [1.165, 1.54) is 11.8 Å². The van der Waals surface area contributed by atoms with Gasteiger partial charge in [-0.2, -0.15) is 13.2 Å². The quantitative estimate of drug-likeness (QED) is 0.528. The van der Waals surface area contributed by atoms with Crippen LogP contribution >= 0.6 is 0 Å². The zero-order chi connectivity index (χ0) is 19.0. The fraction of sp³-hybridized carbons (Fsp3) is 0.250. The number of benzene rings is 2. The first-order valence-corrected chi connectivity index (χ1v) is 8.18. The molecule has 0 bridgehead atoms. The summed E-state index contributed by atoms with van der Waals surface area (Å²) in [6.45, 7) is 1.81. The molecule has 0 unspecified atom stereocenters. The molecule has 0 aromatic heterocycles. The maximum atomic E-state index is 13.3. The van der Waals surface area contributed by atoms with Crippen molar-refractivity contribution >= 4 is 5.97 Å². The van der Waals surface area contributed by atoms with Gasteiger partial charge in [0, 0.05) is 19.3 Å². The molecule has 0 amide bonds. The van der Waals surface area contributed by atoms with Crippen molar-refractivity contribution in [1.82, 2.24) is 4.90 Å². The van der Waals surface area contributed by atoms with Gasteiger partial charge >= 0.3 is 12.1 Å². The fourth-order valence-electron chi connectivity index (χ4n) is 2.42. The van der Waals surface area contributed by atoms with Gasteiger partial charge in [-0.3, -0.25) is 0 Å². The highest BCUT2D eigenvalue weighted by atomic mass is 19.4. The van der Waals surface area contributed by atoms with Crippen LogP contribution in [0.5, 0.6) is 0 Å². The molecule has 2 aromatic rings. The minimum absolute atomic E-state index is 0.121. The molecule has 0 atom stereocenters. The number of halogens is 3. The first kappa shape index (κ1) is 19.6. The Morgan fingerprint density at radius 3 is 1.81 bits per heavy atom. The number of esters is 1. The van der Waals surface area contributed by atoms with Gasteiger partial charge in [0.25, 0.3) is 0 Å². The van der Waals surface area contributed by atoms with Gasteiger partial charge in [0.05, 0.1) is 6.61 Å². The van der Waals surface area contributed by atoms with Crippen LogP contribution < -0.4 is 0 Å². The molecule has 2 rings (SSSR count). The van der Waals surface area contributed by atoms with Gasteiger partial charge in [0.2, 0.25) is 0 Å². The number of carbonyl (C=O) groups excluding carboxylic acids is 1. The van der Waals surface area contributed by atoms with Crippen LogP contribution in [0.15, 0.2) is 72.4 Å². The molecule has 138 valence electrons. The molecule has 0 aliphatic carbocycles. The summed E-state index contributed by atoms with van der Waals surface area (Å²) < 4.78 is 44.6. The van der Waals surface area contributed by atoms with Crippen LogP contribution in [0.1, 0.15) is 18.1 Å². The Kier molecular flexibility index (Phi) is 6.83. The molecular formula is C20H20F3NO2. The monoisotopic (exact) mass is 363 g/mol. The second-order valence-corrected chi connectivity index (χ2v) is 5.64. The molecule has 3 nitrogen and oxygen atoms in total. The third-order valence-corrected chi connectivity index (χ3v) is 3.57. The molecule has 0 aliphatic rings. The molecule has 6 heteroatoms. The Balaban J connectivity index is 2.34. The molecule has 0 saturated carbocycles. The average Bonchev–Trinajstić information content (AvgIpc) is 2.60. The van der Waals surface area contributed by atoms with Gasteiger partial charge in [0.1, 0.15) is 0 Å². The zero-order valence-corrected chi connectivity index (χ0v) is 14.4. The summed E-state index contributed by atoms with van der Waals surface area (Å²) in [6.07, 6.45) is -3.95. The summed E-state index contributed by atoms with van der Waals surface area (Å²) in [5, 5.41) is 0. The van der Waals surface area contributed by atoms with Gasteiger partial charge in [-0.15, -0.1) is 0 Å². The van der Waals surface area contributed by atoms with Gasteiger partial charge in [0.15, 0.2) is 5.57 Å². The predicted octanol–water partition coefficient (Wildman–Crippen LogP) is 4.70. The fourth-order valence-corrected chi connectivity index (χ4v) is 2.42. The SMILES string of the molecule is CCOC(=O)/C(=C\N(Cc1ccccc1)Cc1ccccc1)C(F)(F)F. The Labute approximate surface area is 150 Å². The molecule has 0 saturated heterocycles. The summed E-state index contributed by atoms with van der Waals surface area (Å²) in [6, 6.07) is 18.2. The van der Waals surface area contributed by atoms with Crippen molar-refractivity contribution in [1.29, 1.82) is 0 Å². The molecular weight excluding hydrogens is 343 g/mol. The summed E-state index contributed by atoms with van der Waals surface area (Å²) >= 11 is 0. The Morgan fingerprint density at radius 1 is 0.962 bits per heavy atom. The number of nitrogens with zero attached hydrogens (tertiary/aromatic N) is 1. The first-order chi connectivity index (χ1) is 12.4.